The van der Waals surface area contributed by atoms with Crippen LogP contribution < -0.4 is 4.74 Å². The zero-order valence-corrected chi connectivity index (χ0v) is 10.3. The monoisotopic (exact) mass is 286 g/mol. The average molecular weight is 286 g/mol. The quantitative estimate of drug-likeness (QED) is 0.829. The fourth-order valence-electron chi connectivity index (χ4n) is 1.79. The second-order valence-corrected chi connectivity index (χ2v) is 4.25. The summed E-state index contributed by atoms with van der Waals surface area (Å²) in [5.74, 6) is -1.64. The van der Waals surface area contributed by atoms with Crippen LogP contribution in [0.3, 0.4) is 0 Å². The van der Waals surface area contributed by atoms with Crippen molar-refractivity contribution < 1.29 is 27.4 Å². The molecule has 2 nitrogen and oxygen atoms in total. The number of benzene rings is 2. The molecule has 0 bridgehead atoms. The number of aromatic hydroxyl groups is 1. The molecule has 0 atom stereocenters. The average Bonchev–Trinajstić information content (AvgIpc) is 2.29. The van der Waals surface area contributed by atoms with Crippen LogP contribution >= 0.6 is 0 Å². The Morgan fingerprint density at radius 3 is 2.40 bits per heavy atom. The number of hydrogen-bond acceptors (Lipinski definition) is 2. The Labute approximate surface area is 112 Å². The Balaban J connectivity index is 2.49. The molecule has 0 heterocycles. The van der Waals surface area contributed by atoms with Crippen LogP contribution in [-0.2, 0) is 0 Å². The van der Waals surface area contributed by atoms with E-state index in [-0.39, 0.29) is 11.1 Å². The number of halogens is 4. The van der Waals surface area contributed by atoms with Gasteiger partial charge in [-0.3, -0.25) is 0 Å². The minimum Gasteiger partial charge on any atom is -0.508 e. The molecule has 0 saturated carbocycles. The van der Waals surface area contributed by atoms with Gasteiger partial charge in [-0.05, 0) is 36.8 Å². The van der Waals surface area contributed by atoms with Gasteiger partial charge in [-0.2, -0.15) is 0 Å². The first-order valence-corrected chi connectivity index (χ1v) is 5.61. The van der Waals surface area contributed by atoms with Gasteiger partial charge in [0.25, 0.3) is 0 Å². The van der Waals surface area contributed by atoms with E-state index in [1.54, 1.807) is 6.92 Å². The van der Waals surface area contributed by atoms with Crippen LogP contribution in [0.15, 0.2) is 36.4 Å². The molecule has 0 aliphatic rings. The lowest BCUT2D eigenvalue weighted by molar-refractivity contribution is -0.274. The van der Waals surface area contributed by atoms with Gasteiger partial charge in [0.15, 0.2) is 0 Å². The molecule has 0 spiro atoms. The first-order valence-electron chi connectivity index (χ1n) is 5.61. The molecule has 6 heteroatoms. The van der Waals surface area contributed by atoms with Crippen LogP contribution in [0.4, 0.5) is 17.6 Å². The van der Waals surface area contributed by atoms with E-state index in [0.717, 1.165) is 17.7 Å². The Hall–Kier alpha value is -2.24. The summed E-state index contributed by atoms with van der Waals surface area (Å²) in [5, 5.41) is 9.44. The minimum absolute atomic E-state index is 0.0907. The lowest BCUT2D eigenvalue weighted by Gasteiger charge is -2.11. The molecule has 0 aliphatic heterocycles. The smallest absolute Gasteiger partial charge is 0.508 e. The second-order valence-electron chi connectivity index (χ2n) is 4.25. The van der Waals surface area contributed by atoms with E-state index in [4.69, 9.17) is 0 Å². The highest BCUT2D eigenvalue weighted by Crippen LogP contribution is 2.33. The number of rotatable bonds is 2. The molecular weight excluding hydrogens is 276 g/mol. The SMILES string of the molecule is Cc1ccc(F)c(-c2cc(O)cc(OC(F)(F)F)c2)c1. The summed E-state index contributed by atoms with van der Waals surface area (Å²) in [4.78, 5) is 0. The zero-order chi connectivity index (χ0) is 14.9. The second kappa shape index (κ2) is 5.03. The number of phenols is 1. The third kappa shape index (κ3) is 3.40. The number of alkyl halides is 3. The Kier molecular flexibility index (Phi) is 3.57. The molecule has 0 amide bonds. The largest absolute Gasteiger partial charge is 0.573 e. The fraction of sp³-hybridized carbons (Fsp3) is 0.143. The van der Waals surface area contributed by atoms with E-state index < -0.39 is 23.7 Å². The summed E-state index contributed by atoms with van der Waals surface area (Å²) in [7, 11) is 0. The van der Waals surface area contributed by atoms with Crippen LogP contribution in [0.5, 0.6) is 11.5 Å². The topological polar surface area (TPSA) is 29.5 Å². The first-order chi connectivity index (χ1) is 9.24. The highest BCUT2D eigenvalue weighted by Gasteiger charge is 2.31. The molecule has 2 rings (SSSR count). The summed E-state index contributed by atoms with van der Waals surface area (Å²) in [5.41, 5.74) is 0.932. The normalized spacial score (nSPS) is 11.4. The van der Waals surface area contributed by atoms with Crippen molar-refractivity contribution in [1.29, 1.82) is 0 Å². The molecule has 2 aromatic rings. The van der Waals surface area contributed by atoms with Gasteiger partial charge >= 0.3 is 6.36 Å². The third-order valence-corrected chi connectivity index (χ3v) is 2.56. The van der Waals surface area contributed by atoms with E-state index in [0.29, 0.717) is 0 Å². The maximum absolute atomic E-state index is 13.7. The van der Waals surface area contributed by atoms with Gasteiger partial charge in [-0.25, -0.2) is 4.39 Å². The van der Waals surface area contributed by atoms with Crippen molar-refractivity contribution in [2.75, 3.05) is 0 Å². The summed E-state index contributed by atoms with van der Waals surface area (Å²) in [6, 6.07) is 7.21. The maximum Gasteiger partial charge on any atom is 0.573 e. The van der Waals surface area contributed by atoms with E-state index in [9.17, 15) is 22.7 Å². The van der Waals surface area contributed by atoms with Crippen LogP contribution in [0.1, 0.15) is 5.56 Å². The van der Waals surface area contributed by atoms with Crippen molar-refractivity contribution in [1.82, 2.24) is 0 Å². The summed E-state index contributed by atoms with van der Waals surface area (Å²) < 4.78 is 54.0. The Morgan fingerprint density at radius 1 is 1.05 bits per heavy atom. The van der Waals surface area contributed by atoms with Crippen LogP contribution in [0.2, 0.25) is 0 Å². The first kappa shape index (κ1) is 14.2. The number of aryl methyl sites for hydroxylation is 1. The van der Waals surface area contributed by atoms with Gasteiger partial charge in [0.1, 0.15) is 17.3 Å². The number of ether oxygens (including phenoxy) is 1. The lowest BCUT2D eigenvalue weighted by atomic mass is 10.0. The maximum atomic E-state index is 13.7. The van der Waals surface area contributed by atoms with Crippen molar-refractivity contribution in [2.24, 2.45) is 0 Å². The molecule has 1 N–H and O–H groups in total. The molecule has 0 fully saturated rings. The zero-order valence-electron chi connectivity index (χ0n) is 10.3. The predicted molar refractivity (Wildman–Crippen MR) is 64.9 cm³/mol. The molecule has 0 aromatic heterocycles. The van der Waals surface area contributed by atoms with Crippen LogP contribution in [0, 0.1) is 12.7 Å². The molecule has 0 aliphatic carbocycles. The van der Waals surface area contributed by atoms with Crippen LogP contribution in [0.25, 0.3) is 11.1 Å². The molecule has 2 aromatic carbocycles. The summed E-state index contributed by atoms with van der Waals surface area (Å²) >= 11 is 0. The Bertz CT molecular complexity index is 636. The van der Waals surface area contributed by atoms with Gasteiger partial charge in [0.05, 0.1) is 0 Å². The van der Waals surface area contributed by atoms with Gasteiger partial charge < -0.3 is 9.84 Å². The molecule has 106 valence electrons. The fourth-order valence-corrected chi connectivity index (χ4v) is 1.79. The molecule has 20 heavy (non-hydrogen) atoms. The van der Waals surface area contributed by atoms with E-state index in [1.165, 1.54) is 24.3 Å². The van der Waals surface area contributed by atoms with E-state index in [1.807, 2.05) is 0 Å². The standard InChI is InChI=1S/C14H10F4O2/c1-8-2-3-13(15)12(4-8)9-5-10(19)7-11(6-9)20-14(16,17)18/h2-7,19H,1H3. The van der Waals surface area contributed by atoms with Gasteiger partial charge in [0, 0.05) is 11.6 Å². The highest BCUT2D eigenvalue weighted by atomic mass is 19.4. The molecular formula is C14H10F4O2. The van der Waals surface area contributed by atoms with Gasteiger partial charge in [-0.15, -0.1) is 13.2 Å². The highest BCUT2D eigenvalue weighted by molar-refractivity contribution is 5.68. The van der Waals surface area contributed by atoms with Gasteiger partial charge in [-0.1, -0.05) is 11.6 Å². The van der Waals surface area contributed by atoms with Crippen molar-refractivity contribution in [2.45, 2.75) is 13.3 Å². The van der Waals surface area contributed by atoms with Crippen molar-refractivity contribution >= 4 is 0 Å². The minimum atomic E-state index is -4.88. The predicted octanol–water partition coefficient (Wildman–Crippen LogP) is 4.41. The van der Waals surface area contributed by atoms with Gasteiger partial charge in [0.2, 0.25) is 0 Å². The van der Waals surface area contributed by atoms with Crippen LogP contribution in [-0.4, -0.2) is 11.5 Å². The van der Waals surface area contributed by atoms with E-state index in [2.05, 4.69) is 4.74 Å². The Morgan fingerprint density at radius 2 is 1.75 bits per heavy atom. The van der Waals surface area contributed by atoms with Crippen molar-refractivity contribution in [3.63, 3.8) is 0 Å². The third-order valence-electron chi connectivity index (χ3n) is 2.56. The van der Waals surface area contributed by atoms with Crippen molar-refractivity contribution in [3.05, 3.63) is 47.8 Å². The lowest BCUT2D eigenvalue weighted by Crippen LogP contribution is -2.17. The molecule has 0 saturated heterocycles. The summed E-state index contributed by atoms with van der Waals surface area (Å²) in [6.45, 7) is 1.72. The van der Waals surface area contributed by atoms with Crippen molar-refractivity contribution in [3.8, 4) is 22.6 Å². The number of hydrogen-bond donors (Lipinski definition) is 1. The summed E-state index contributed by atoms with van der Waals surface area (Å²) in [6.07, 6.45) is -4.88. The van der Waals surface area contributed by atoms with E-state index >= 15 is 0 Å². The number of phenolic OH excluding ortho intramolecular Hbond substituents is 1. The molecule has 0 unspecified atom stereocenters. The molecule has 0 radical (unpaired) electrons.